The average molecular weight is 249 g/mol. The number of phenolic OH excluding ortho intramolecular Hbond substituents is 1. The normalized spacial score (nSPS) is 10.2. The first kappa shape index (κ1) is 11.5. The molecule has 0 aliphatic carbocycles. The molecule has 0 amide bonds. The summed E-state index contributed by atoms with van der Waals surface area (Å²) in [6.45, 7) is 0. The highest BCUT2D eigenvalue weighted by molar-refractivity contribution is 6.31. The van der Waals surface area contributed by atoms with Crippen molar-refractivity contribution in [2.75, 3.05) is 0 Å². The Morgan fingerprint density at radius 1 is 1.06 bits per heavy atom. The van der Waals surface area contributed by atoms with E-state index in [0.29, 0.717) is 10.6 Å². The van der Waals surface area contributed by atoms with Crippen LogP contribution in [0.25, 0.3) is 11.1 Å². The lowest BCUT2D eigenvalue weighted by Gasteiger charge is -2.06. The van der Waals surface area contributed by atoms with Crippen LogP contribution in [0.2, 0.25) is 5.02 Å². The number of benzene rings is 2. The van der Waals surface area contributed by atoms with E-state index in [4.69, 9.17) is 16.7 Å². The van der Waals surface area contributed by atoms with Gasteiger partial charge in [0.2, 0.25) is 0 Å². The van der Waals surface area contributed by atoms with Crippen molar-refractivity contribution in [3.8, 4) is 16.9 Å². The summed E-state index contributed by atoms with van der Waals surface area (Å²) in [4.78, 5) is 11.1. The largest absolute Gasteiger partial charge is 0.508 e. The number of hydrogen-bond acceptors (Lipinski definition) is 2. The Labute approximate surface area is 103 Å². The maximum atomic E-state index is 11.1. The minimum atomic E-state index is -1.03. The molecular formula is C13H9ClO3. The van der Waals surface area contributed by atoms with Crippen LogP contribution < -0.4 is 0 Å². The predicted molar refractivity (Wildman–Crippen MR) is 65.5 cm³/mol. The number of phenols is 1. The monoisotopic (exact) mass is 248 g/mol. The molecule has 17 heavy (non-hydrogen) atoms. The molecule has 0 saturated heterocycles. The van der Waals surface area contributed by atoms with Gasteiger partial charge in [0, 0.05) is 5.02 Å². The van der Waals surface area contributed by atoms with Crippen molar-refractivity contribution in [3.63, 3.8) is 0 Å². The fourth-order valence-corrected chi connectivity index (χ4v) is 1.76. The summed E-state index contributed by atoms with van der Waals surface area (Å²) in [5.41, 5.74) is 1.43. The van der Waals surface area contributed by atoms with Crippen LogP contribution in [0.1, 0.15) is 10.4 Å². The molecule has 0 heterocycles. The van der Waals surface area contributed by atoms with Crippen molar-refractivity contribution < 1.29 is 15.0 Å². The molecule has 3 nitrogen and oxygen atoms in total. The fraction of sp³-hybridized carbons (Fsp3) is 0. The number of hydrogen-bond donors (Lipinski definition) is 2. The van der Waals surface area contributed by atoms with Gasteiger partial charge >= 0.3 is 5.97 Å². The zero-order chi connectivity index (χ0) is 12.4. The molecular weight excluding hydrogens is 240 g/mol. The van der Waals surface area contributed by atoms with Crippen LogP contribution in [0.15, 0.2) is 42.5 Å². The standard InChI is InChI=1S/C13H9ClO3/c14-9-3-6-11(12(7-9)13(16)17)8-1-4-10(15)5-2-8/h1-7,15H,(H,16,17). The SMILES string of the molecule is O=C(O)c1cc(Cl)ccc1-c1ccc(O)cc1. The van der Waals surface area contributed by atoms with Crippen LogP contribution in [0.3, 0.4) is 0 Å². The number of halogens is 1. The second kappa shape index (κ2) is 4.47. The number of aromatic carboxylic acids is 1. The smallest absolute Gasteiger partial charge is 0.336 e. The minimum Gasteiger partial charge on any atom is -0.508 e. The van der Waals surface area contributed by atoms with E-state index in [2.05, 4.69) is 0 Å². The second-order valence-corrected chi connectivity index (χ2v) is 3.98. The molecule has 0 saturated carbocycles. The van der Waals surface area contributed by atoms with Crippen molar-refractivity contribution in [2.24, 2.45) is 0 Å². The average Bonchev–Trinajstić information content (AvgIpc) is 2.30. The van der Waals surface area contributed by atoms with Gasteiger partial charge in [0.15, 0.2) is 0 Å². The maximum absolute atomic E-state index is 11.1. The zero-order valence-corrected chi connectivity index (χ0v) is 9.48. The molecule has 0 aliphatic heterocycles. The molecule has 86 valence electrons. The first-order valence-electron chi connectivity index (χ1n) is 4.90. The molecule has 0 aliphatic rings. The van der Waals surface area contributed by atoms with Gasteiger partial charge in [-0.25, -0.2) is 4.79 Å². The van der Waals surface area contributed by atoms with Crippen molar-refractivity contribution in [2.45, 2.75) is 0 Å². The van der Waals surface area contributed by atoms with E-state index in [0.717, 1.165) is 5.56 Å². The van der Waals surface area contributed by atoms with Crippen LogP contribution in [0.4, 0.5) is 0 Å². The molecule has 0 unspecified atom stereocenters. The van der Waals surface area contributed by atoms with Crippen molar-refractivity contribution in [1.82, 2.24) is 0 Å². The predicted octanol–water partition coefficient (Wildman–Crippen LogP) is 3.41. The minimum absolute atomic E-state index is 0.139. The Morgan fingerprint density at radius 2 is 1.71 bits per heavy atom. The highest BCUT2D eigenvalue weighted by Gasteiger charge is 2.12. The molecule has 0 spiro atoms. The third-order valence-corrected chi connectivity index (χ3v) is 2.63. The Bertz CT molecular complexity index is 561. The summed E-state index contributed by atoms with van der Waals surface area (Å²) < 4.78 is 0. The fourth-order valence-electron chi connectivity index (χ4n) is 1.59. The number of carbonyl (C=O) groups is 1. The molecule has 4 heteroatoms. The Kier molecular flexibility index (Phi) is 3.02. The summed E-state index contributed by atoms with van der Waals surface area (Å²) in [5, 5.41) is 18.7. The molecule has 0 bridgehead atoms. The Balaban J connectivity index is 2.58. The lowest BCUT2D eigenvalue weighted by molar-refractivity contribution is 0.0697. The Hall–Kier alpha value is -2.00. The summed E-state index contributed by atoms with van der Waals surface area (Å²) in [6, 6.07) is 11.0. The first-order valence-corrected chi connectivity index (χ1v) is 5.28. The molecule has 2 aromatic rings. The van der Waals surface area contributed by atoms with Gasteiger partial charge < -0.3 is 10.2 Å². The quantitative estimate of drug-likeness (QED) is 0.856. The van der Waals surface area contributed by atoms with Gasteiger partial charge in [-0.3, -0.25) is 0 Å². The van der Waals surface area contributed by atoms with Gasteiger partial charge in [0.25, 0.3) is 0 Å². The highest BCUT2D eigenvalue weighted by Crippen LogP contribution is 2.27. The summed E-state index contributed by atoms with van der Waals surface area (Å²) in [7, 11) is 0. The topological polar surface area (TPSA) is 57.5 Å². The van der Waals surface area contributed by atoms with Crippen LogP contribution in [0, 0.1) is 0 Å². The van der Waals surface area contributed by atoms with E-state index in [1.165, 1.54) is 18.2 Å². The van der Waals surface area contributed by atoms with Gasteiger partial charge in [-0.2, -0.15) is 0 Å². The number of rotatable bonds is 2. The lowest BCUT2D eigenvalue weighted by Crippen LogP contribution is -1.99. The Morgan fingerprint density at radius 3 is 2.29 bits per heavy atom. The van der Waals surface area contributed by atoms with Gasteiger partial charge in [-0.05, 0) is 35.4 Å². The molecule has 2 aromatic carbocycles. The molecule has 0 fully saturated rings. The third-order valence-electron chi connectivity index (χ3n) is 2.39. The summed E-state index contributed by atoms with van der Waals surface area (Å²) >= 11 is 5.77. The molecule has 0 aromatic heterocycles. The highest BCUT2D eigenvalue weighted by atomic mass is 35.5. The molecule has 0 radical (unpaired) electrons. The molecule has 0 atom stereocenters. The van der Waals surface area contributed by atoms with Crippen molar-refractivity contribution in [3.05, 3.63) is 53.1 Å². The van der Waals surface area contributed by atoms with Crippen LogP contribution in [-0.4, -0.2) is 16.2 Å². The maximum Gasteiger partial charge on any atom is 0.336 e. The van der Waals surface area contributed by atoms with E-state index in [1.807, 2.05) is 0 Å². The van der Waals surface area contributed by atoms with E-state index < -0.39 is 5.97 Å². The van der Waals surface area contributed by atoms with Crippen LogP contribution >= 0.6 is 11.6 Å². The number of carboxylic acids is 1. The molecule has 2 rings (SSSR count). The number of carboxylic acid groups (broad SMARTS) is 1. The van der Waals surface area contributed by atoms with Crippen molar-refractivity contribution >= 4 is 17.6 Å². The van der Waals surface area contributed by atoms with E-state index in [9.17, 15) is 9.90 Å². The first-order chi connectivity index (χ1) is 8.08. The number of aromatic hydroxyl groups is 1. The summed E-state index contributed by atoms with van der Waals surface area (Å²) in [5.74, 6) is -0.893. The van der Waals surface area contributed by atoms with Gasteiger partial charge in [0.1, 0.15) is 5.75 Å². The van der Waals surface area contributed by atoms with Crippen molar-refractivity contribution in [1.29, 1.82) is 0 Å². The van der Waals surface area contributed by atoms with E-state index >= 15 is 0 Å². The third kappa shape index (κ3) is 2.40. The lowest BCUT2D eigenvalue weighted by atomic mass is 10.00. The van der Waals surface area contributed by atoms with E-state index in [-0.39, 0.29) is 11.3 Å². The zero-order valence-electron chi connectivity index (χ0n) is 8.72. The van der Waals surface area contributed by atoms with Gasteiger partial charge in [-0.15, -0.1) is 0 Å². The van der Waals surface area contributed by atoms with Crippen LogP contribution in [-0.2, 0) is 0 Å². The summed E-state index contributed by atoms with van der Waals surface area (Å²) in [6.07, 6.45) is 0. The van der Waals surface area contributed by atoms with E-state index in [1.54, 1.807) is 24.3 Å². The van der Waals surface area contributed by atoms with Gasteiger partial charge in [0.05, 0.1) is 5.56 Å². The van der Waals surface area contributed by atoms with Gasteiger partial charge in [-0.1, -0.05) is 29.8 Å². The van der Waals surface area contributed by atoms with Crippen LogP contribution in [0.5, 0.6) is 5.75 Å². The molecule has 2 N–H and O–H groups in total. The second-order valence-electron chi connectivity index (χ2n) is 3.54.